The fourth-order valence-electron chi connectivity index (χ4n) is 1.49. The summed E-state index contributed by atoms with van der Waals surface area (Å²) in [6, 6.07) is 0. The van der Waals surface area contributed by atoms with Crippen molar-refractivity contribution >= 4 is 10.0 Å². The molecule has 0 aliphatic heterocycles. The Bertz CT molecular complexity index is 453. The van der Waals surface area contributed by atoms with E-state index < -0.39 is 10.0 Å². The molecule has 7 heteroatoms. The minimum Gasteiger partial charge on any atom is -0.380 e. The number of aryl methyl sites for hydroxylation is 1. The lowest BCUT2D eigenvalue weighted by Gasteiger charge is -2.06. The van der Waals surface area contributed by atoms with Crippen LogP contribution in [0.25, 0.3) is 0 Å². The maximum Gasteiger partial charge on any atom is 0.257 e. The quantitative estimate of drug-likeness (QED) is 0.725. The Morgan fingerprint density at radius 1 is 1.47 bits per heavy atom. The molecule has 0 saturated carbocycles. The maximum absolute atomic E-state index is 11.2. The highest BCUT2D eigenvalue weighted by molar-refractivity contribution is 7.89. The highest BCUT2D eigenvalue weighted by atomic mass is 32.2. The van der Waals surface area contributed by atoms with Crippen LogP contribution in [0.15, 0.2) is 11.2 Å². The van der Waals surface area contributed by atoms with Crippen LogP contribution >= 0.6 is 0 Å². The van der Waals surface area contributed by atoms with Crippen molar-refractivity contribution in [3.8, 4) is 0 Å². The van der Waals surface area contributed by atoms with Crippen molar-refractivity contribution in [2.75, 3.05) is 13.2 Å². The zero-order valence-corrected chi connectivity index (χ0v) is 11.0. The lowest BCUT2D eigenvalue weighted by atomic mass is 10.3. The van der Waals surface area contributed by atoms with Crippen molar-refractivity contribution in [1.29, 1.82) is 0 Å². The topological polar surface area (TPSA) is 87.2 Å². The summed E-state index contributed by atoms with van der Waals surface area (Å²) in [7, 11) is -3.73. The summed E-state index contributed by atoms with van der Waals surface area (Å²) in [6.45, 7) is 5.69. The van der Waals surface area contributed by atoms with E-state index in [9.17, 15) is 8.42 Å². The molecule has 0 unspecified atom stereocenters. The van der Waals surface area contributed by atoms with Crippen molar-refractivity contribution in [2.24, 2.45) is 5.14 Å². The van der Waals surface area contributed by atoms with Gasteiger partial charge in [-0.1, -0.05) is 6.92 Å². The van der Waals surface area contributed by atoms with E-state index in [1.165, 1.54) is 6.20 Å². The summed E-state index contributed by atoms with van der Waals surface area (Å²) in [4.78, 5) is 4.04. The summed E-state index contributed by atoms with van der Waals surface area (Å²) in [5.41, 5.74) is 0. The molecule has 1 aromatic rings. The van der Waals surface area contributed by atoms with E-state index in [0.29, 0.717) is 19.8 Å². The van der Waals surface area contributed by atoms with Gasteiger partial charge in [0.05, 0.1) is 6.61 Å². The Labute approximate surface area is 102 Å². The Morgan fingerprint density at radius 3 is 2.71 bits per heavy atom. The molecule has 0 spiro atoms. The van der Waals surface area contributed by atoms with Gasteiger partial charge in [-0.3, -0.25) is 0 Å². The second-order valence-electron chi connectivity index (χ2n) is 3.68. The number of nitrogens with zero attached hydrogens (tertiary/aromatic N) is 2. The van der Waals surface area contributed by atoms with Gasteiger partial charge in [0.2, 0.25) is 0 Å². The molecule has 0 fully saturated rings. The zero-order valence-electron chi connectivity index (χ0n) is 10.2. The summed E-state index contributed by atoms with van der Waals surface area (Å²) < 4.78 is 29.4. The van der Waals surface area contributed by atoms with Crippen molar-refractivity contribution in [2.45, 2.75) is 38.3 Å². The molecule has 1 aromatic heterocycles. The fourth-order valence-corrected chi connectivity index (χ4v) is 2.00. The van der Waals surface area contributed by atoms with E-state index in [1.807, 2.05) is 13.8 Å². The maximum atomic E-state index is 11.2. The Hall–Kier alpha value is -0.920. The van der Waals surface area contributed by atoms with E-state index in [-0.39, 0.29) is 5.03 Å². The van der Waals surface area contributed by atoms with E-state index in [0.717, 1.165) is 18.7 Å². The average molecular weight is 261 g/mol. The second-order valence-corrected chi connectivity index (χ2v) is 5.19. The minimum absolute atomic E-state index is 0.0718. The first-order chi connectivity index (χ1) is 7.99. The van der Waals surface area contributed by atoms with Gasteiger partial charge in [-0.15, -0.1) is 0 Å². The molecule has 0 atom stereocenters. The molecule has 0 aliphatic carbocycles. The number of imidazole rings is 1. The van der Waals surface area contributed by atoms with E-state index in [4.69, 9.17) is 9.88 Å². The molecule has 17 heavy (non-hydrogen) atoms. The molecule has 0 aromatic carbocycles. The van der Waals surface area contributed by atoms with Crippen LogP contribution in [-0.2, 0) is 27.7 Å². The van der Waals surface area contributed by atoms with E-state index >= 15 is 0 Å². The van der Waals surface area contributed by atoms with E-state index in [2.05, 4.69) is 4.98 Å². The summed E-state index contributed by atoms with van der Waals surface area (Å²) in [5, 5.41) is 4.98. The first kappa shape index (κ1) is 14.1. The highest BCUT2D eigenvalue weighted by Crippen LogP contribution is 2.09. The lowest BCUT2D eigenvalue weighted by molar-refractivity contribution is 0.138. The summed E-state index contributed by atoms with van der Waals surface area (Å²) in [6.07, 6.45) is 3.09. The predicted molar refractivity (Wildman–Crippen MR) is 64.1 cm³/mol. The number of hydrogen-bond acceptors (Lipinski definition) is 4. The molecule has 6 nitrogen and oxygen atoms in total. The lowest BCUT2D eigenvalue weighted by Crippen LogP contribution is -2.12. The predicted octanol–water partition coefficient (Wildman–Crippen LogP) is 0.520. The Balaban J connectivity index is 2.89. The number of primary sulfonamides is 1. The van der Waals surface area contributed by atoms with Crippen LogP contribution in [0, 0.1) is 0 Å². The van der Waals surface area contributed by atoms with Gasteiger partial charge < -0.3 is 9.30 Å². The third-order valence-corrected chi connectivity index (χ3v) is 3.06. The molecule has 0 saturated heterocycles. The normalized spacial score (nSPS) is 11.9. The standard InChI is InChI=1S/C10H19N3O3S/c1-3-5-9-12-10(17(11,14)15)8-13(9)6-7-16-4-2/h8H,3-7H2,1-2H3,(H2,11,14,15). The molecule has 0 amide bonds. The van der Waals surface area contributed by atoms with Crippen LogP contribution in [-0.4, -0.2) is 31.2 Å². The van der Waals surface area contributed by atoms with Crippen LogP contribution in [0.5, 0.6) is 0 Å². The number of hydrogen-bond donors (Lipinski definition) is 1. The Kier molecular flexibility index (Phi) is 5.10. The molecule has 2 N–H and O–H groups in total. The third kappa shape index (κ3) is 4.10. The fraction of sp³-hybridized carbons (Fsp3) is 0.700. The second kappa shape index (κ2) is 6.13. The molecular weight excluding hydrogens is 242 g/mol. The van der Waals surface area contributed by atoms with Gasteiger partial charge in [0.1, 0.15) is 5.82 Å². The zero-order chi connectivity index (χ0) is 12.9. The van der Waals surface area contributed by atoms with Crippen molar-refractivity contribution in [1.82, 2.24) is 9.55 Å². The number of ether oxygens (including phenoxy) is 1. The monoisotopic (exact) mass is 261 g/mol. The minimum atomic E-state index is -3.73. The van der Waals surface area contributed by atoms with Gasteiger partial charge in [0.15, 0.2) is 5.03 Å². The summed E-state index contributed by atoms with van der Waals surface area (Å²) in [5.74, 6) is 0.733. The summed E-state index contributed by atoms with van der Waals surface area (Å²) >= 11 is 0. The smallest absolute Gasteiger partial charge is 0.257 e. The van der Waals surface area contributed by atoms with Crippen LogP contribution in [0.3, 0.4) is 0 Å². The SMILES string of the molecule is CCCc1nc(S(N)(=O)=O)cn1CCOCC. The number of nitrogens with two attached hydrogens (primary N) is 1. The molecule has 1 heterocycles. The van der Waals surface area contributed by atoms with Crippen LogP contribution in [0.2, 0.25) is 0 Å². The Morgan fingerprint density at radius 2 is 2.18 bits per heavy atom. The van der Waals surface area contributed by atoms with Gasteiger partial charge in [0.25, 0.3) is 10.0 Å². The molecule has 0 bridgehead atoms. The van der Waals surface area contributed by atoms with E-state index in [1.54, 1.807) is 4.57 Å². The van der Waals surface area contributed by atoms with Crippen molar-refractivity contribution in [3.63, 3.8) is 0 Å². The van der Waals surface area contributed by atoms with Gasteiger partial charge in [0, 0.05) is 25.8 Å². The highest BCUT2D eigenvalue weighted by Gasteiger charge is 2.15. The molecular formula is C10H19N3O3S. The first-order valence-corrected chi connectivity index (χ1v) is 7.20. The van der Waals surface area contributed by atoms with Gasteiger partial charge in [-0.05, 0) is 13.3 Å². The number of rotatable bonds is 7. The first-order valence-electron chi connectivity index (χ1n) is 5.65. The average Bonchev–Trinajstić information content (AvgIpc) is 2.62. The molecule has 0 radical (unpaired) electrons. The van der Waals surface area contributed by atoms with Gasteiger partial charge in [-0.25, -0.2) is 18.5 Å². The van der Waals surface area contributed by atoms with Crippen molar-refractivity contribution < 1.29 is 13.2 Å². The van der Waals surface area contributed by atoms with Crippen LogP contribution in [0.1, 0.15) is 26.1 Å². The largest absolute Gasteiger partial charge is 0.380 e. The third-order valence-electron chi connectivity index (χ3n) is 2.28. The van der Waals surface area contributed by atoms with Crippen LogP contribution in [0.4, 0.5) is 0 Å². The van der Waals surface area contributed by atoms with Gasteiger partial charge >= 0.3 is 0 Å². The molecule has 98 valence electrons. The number of sulfonamides is 1. The number of aromatic nitrogens is 2. The van der Waals surface area contributed by atoms with Crippen molar-refractivity contribution in [3.05, 3.63) is 12.0 Å². The van der Waals surface area contributed by atoms with Crippen LogP contribution < -0.4 is 5.14 Å². The van der Waals surface area contributed by atoms with Gasteiger partial charge in [-0.2, -0.15) is 0 Å². The molecule has 0 aliphatic rings. The molecule has 1 rings (SSSR count).